The molecule has 2 heterocycles. The topological polar surface area (TPSA) is 37.8 Å². The number of nitrogens with zero attached hydrogens (tertiary/aromatic N) is 2. The molecule has 3 nitrogen and oxygen atoms in total. The molecule has 0 atom stereocenters. The summed E-state index contributed by atoms with van der Waals surface area (Å²) in [5, 5.41) is 5.78. The summed E-state index contributed by atoms with van der Waals surface area (Å²) in [7, 11) is 0. The number of nitrogens with one attached hydrogen (secondary N) is 1. The first-order valence-corrected chi connectivity index (χ1v) is 9.27. The smallest absolute Gasteiger partial charge is 0.225 e. The van der Waals surface area contributed by atoms with Crippen LogP contribution in [0.15, 0.2) is 18.2 Å². The van der Waals surface area contributed by atoms with Gasteiger partial charge in [0.05, 0.1) is 16.1 Å². The minimum absolute atomic E-state index is 0.233. The quantitative estimate of drug-likeness (QED) is 0.529. The summed E-state index contributed by atoms with van der Waals surface area (Å²) in [4.78, 5) is 11.1. The van der Waals surface area contributed by atoms with Crippen molar-refractivity contribution in [3.63, 3.8) is 0 Å². The summed E-state index contributed by atoms with van der Waals surface area (Å²) < 4.78 is 0. The third-order valence-electron chi connectivity index (χ3n) is 3.97. The van der Waals surface area contributed by atoms with Crippen molar-refractivity contribution in [3.05, 3.63) is 44.0 Å². The van der Waals surface area contributed by atoms with E-state index in [1.165, 1.54) is 23.3 Å². The van der Waals surface area contributed by atoms with Gasteiger partial charge in [-0.05, 0) is 61.0 Å². The van der Waals surface area contributed by atoms with Gasteiger partial charge in [0, 0.05) is 9.90 Å². The Morgan fingerprint density at radius 1 is 1.04 bits per heavy atom. The molecular weight excluding hydrogens is 373 g/mol. The number of benzene rings is 1. The van der Waals surface area contributed by atoms with E-state index in [4.69, 9.17) is 34.8 Å². The zero-order chi connectivity index (χ0) is 16.0. The number of halogens is 3. The van der Waals surface area contributed by atoms with Crippen LogP contribution in [-0.4, -0.2) is 9.97 Å². The predicted molar refractivity (Wildman–Crippen MR) is 98.8 cm³/mol. The van der Waals surface area contributed by atoms with E-state index in [0.29, 0.717) is 21.6 Å². The van der Waals surface area contributed by atoms with Gasteiger partial charge in [0.2, 0.25) is 5.28 Å². The van der Waals surface area contributed by atoms with Gasteiger partial charge in [0.1, 0.15) is 10.6 Å². The molecule has 0 amide bonds. The Morgan fingerprint density at radius 2 is 1.87 bits per heavy atom. The number of aromatic nitrogens is 2. The van der Waals surface area contributed by atoms with E-state index in [-0.39, 0.29) is 5.28 Å². The van der Waals surface area contributed by atoms with Crippen molar-refractivity contribution < 1.29 is 0 Å². The van der Waals surface area contributed by atoms with Crippen molar-refractivity contribution in [2.45, 2.75) is 25.7 Å². The fraction of sp³-hybridized carbons (Fsp3) is 0.250. The van der Waals surface area contributed by atoms with Crippen LogP contribution in [0.25, 0.3) is 10.2 Å². The van der Waals surface area contributed by atoms with E-state index in [2.05, 4.69) is 15.3 Å². The van der Waals surface area contributed by atoms with Crippen LogP contribution < -0.4 is 5.32 Å². The van der Waals surface area contributed by atoms with E-state index >= 15 is 0 Å². The Morgan fingerprint density at radius 3 is 2.74 bits per heavy atom. The second-order valence-corrected chi connectivity index (χ2v) is 7.75. The second kappa shape index (κ2) is 6.10. The molecule has 1 N–H and O–H groups in total. The number of thiophene rings is 1. The van der Waals surface area contributed by atoms with Crippen molar-refractivity contribution in [3.8, 4) is 0 Å². The van der Waals surface area contributed by atoms with E-state index < -0.39 is 0 Å². The highest BCUT2D eigenvalue weighted by atomic mass is 35.5. The molecular formula is C16H12Cl3N3S. The molecule has 2 aromatic heterocycles. The molecule has 1 aliphatic rings. The van der Waals surface area contributed by atoms with Gasteiger partial charge in [-0.2, -0.15) is 4.98 Å². The average Bonchev–Trinajstić information content (AvgIpc) is 2.89. The Kier molecular flexibility index (Phi) is 4.10. The van der Waals surface area contributed by atoms with Crippen molar-refractivity contribution in [1.82, 2.24) is 9.97 Å². The fourth-order valence-corrected chi connectivity index (χ4v) is 4.76. The van der Waals surface area contributed by atoms with Gasteiger partial charge in [-0.1, -0.05) is 23.2 Å². The molecule has 118 valence electrons. The first-order chi connectivity index (χ1) is 11.1. The van der Waals surface area contributed by atoms with Crippen LogP contribution in [0.5, 0.6) is 0 Å². The van der Waals surface area contributed by atoms with Crippen LogP contribution >= 0.6 is 46.1 Å². The normalized spacial score (nSPS) is 14.0. The third-order valence-corrected chi connectivity index (χ3v) is 5.89. The molecule has 0 unspecified atom stereocenters. The van der Waals surface area contributed by atoms with Gasteiger partial charge in [-0.25, -0.2) is 4.98 Å². The van der Waals surface area contributed by atoms with Crippen molar-refractivity contribution in [2.24, 2.45) is 0 Å². The number of hydrogen-bond acceptors (Lipinski definition) is 4. The molecule has 7 heteroatoms. The Hall–Kier alpha value is -1.07. The van der Waals surface area contributed by atoms with Crippen LogP contribution in [0.2, 0.25) is 15.3 Å². The monoisotopic (exact) mass is 383 g/mol. The largest absolute Gasteiger partial charge is 0.338 e. The maximum Gasteiger partial charge on any atom is 0.225 e. The summed E-state index contributed by atoms with van der Waals surface area (Å²) in [6.45, 7) is 0. The number of rotatable bonds is 2. The standard InChI is InChI=1S/C16H12Cl3N3S/c17-8-5-6-10(18)11(7-8)20-14-13-9-3-1-2-4-12(9)23-15(13)22-16(19)21-14/h5-7H,1-4H2,(H,20,21,22). The Labute approximate surface area is 152 Å². The first kappa shape index (κ1) is 15.5. The van der Waals surface area contributed by atoms with Crippen LogP contribution in [0.3, 0.4) is 0 Å². The van der Waals surface area contributed by atoms with Gasteiger partial charge >= 0.3 is 0 Å². The maximum atomic E-state index is 6.26. The number of aryl methyl sites for hydroxylation is 2. The molecule has 0 saturated heterocycles. The number of anilines is 2. The Bertz CT molecular complexity index is 907. The zero-order valence-corrected chi connectivity index (χ0v) is 15.1. The minimum atomic E-state index is 0.233. The predicted octanol–water partition coefficient (Wildman–Crippen LogP) is 6.27. The van der Waals surface area contributed by atoms with E-state index in [1.54, 1.807) is 29.5 Å². The lowest BCUT2D eigenvalue weighted by molar-refractivity contribution is 0.700. The molecule has 23 heavy (non-hydrogen) atoms. The molecule has 0 bridgehead atoms. The summed E-state index contributed by atoms with van der Waals surface area (Å²) in [6.07, 6.45) is 4.58. The molecule has 1 aliphatic carbocycles. The van der Waals surface area contributed by atoms with Gasteiger partial charge in [0.25, 0.3) is 0 Å². The molecule has 0 fully saturated rings. The molecule has 4 rings (SSSR count). The number of fused-ring (bicyclic) bond motifs is 3. The zero-order valence-electron chi connectivity index (χ0n) is 12.0. The molecule has 0 radical (unpaired) electrons. The van der Waals surface area contributed by atoms with Crippen molar-refractivity contribution in [1.29, 1.82) is 0 Å². The van der Waals surface area contributed by atoms with Gasteiger partial charge in [-0.3, -0.25) is 0 Å². The highest BCUT2D eigenvalue weighted by Crippen LogP contribution is 2.40. The van der Waals surface area contributed by atoms with Gasteiger partial charge in [0.15, 0.2) is 0 Å². The van der Waals surface area contributed by atoms with Crippen LogP contribution in [0.4, 0.5) is 11.5 Å². The minimum Gasteiger partial charge on any atom is -0.338 e. The van der Waals surface area contributed by atoms with E-state index in [1.807, 2.05) is 0 Å². The molecule has 1 aromatic carbocycles. The average molecular weight is 385 g/mol. The summed E-state index contributed by atoms with van der Waals surface area (Å²) >= 11 is 20.2. The Balaban J connectivity index is 1.88. The summed E-state index contributed by atoms with van der Waals surface area (Å²) in [6, 6.07) is 5.30. The number of hydrogen-bond donors (Lipinski definition) is 1. The highest BCUT2D eigenvalue weighted by Gasteiger charge is 2.21. The molecule has 0 aliphatic heterocycles. The van der Waals surface area contributed by atoms with Crippen LogP contribution in [0.1, 0.15) is 23.3 Å². The van der Waals surface area contributed by atoms with Gasteiger partial charge < -0.3 is 5.32 Å². The van der Waals surface area contributed by atoms with Crippen molar-refractivity contribution >= 4 is 67.9 Å². The molecule has 0 spiro atoms. The van der Waals surface area contributed by atoms with Crippen LogP contribution in [0, 0.1) is 0 Å². The molecule has 0 saturated carbocycles. The lowest BCUT2D eigenvalue weighted by atomic mass is 9.97. The first-order valence-electron chi connectivity index (χ1n) is 7.31. The van der Waals surface area contributed by atoms with E-state index in [0.717, 1.165) is 23.1 Å². The summed E-state index contributed by atoms with van der Waals surface area (Å²) in [5.74, 6) is 0.698. The third kappa shape index (κ3) is 2.89. The van der Waals surface area contributed by atoms with E-state index in [9.17, 15) is 0 Å². The second-order valence-electron chi connectivity index (χ2n) is 5.48. The summed E-state index contributed by atoms with van der Waals surface area (Å²) in [5.41, 5.74) is 2.06. The fourth-order valence-electron chi connectivity index (χ4n) is 2.94. The lowest BCUT2D eigenvalue weighted by Crippen LogP contribution is -2.01. The van der Waals surface area contributed by atoms with Crippen molar-refractivity contribution in [2.75, 3.05) is 5.32 Å². The molecule has 3 aromatic rings. The lowest BCUT2D eigenvalue weighted by Gasteiger charge is -2.13. The van der Waals surface area contributed by atoms with Gasteiger partial charge in [-0.15, -0.1) is 11.3 Å². The maximum absolute atomic E-state index is 6.26. The highest BCUT2D eigenvalue weighted by molar-refractivity contribution is 7.19. The SMILES string of the molecule is Clc1ccc(Cl)c(Nc2nc(Cl)nc3sc4c(c23)CCCC4)c1. The van der Waals surface area contributed by atoms with Crippen LogP contribution in [-0.2, 0) is 12.8 Å².